The van der Waals surface area contributed by atoms with Gasteiger partial charge in [-0.05, 0) is 38.6 Å². The molecule has 1 aliphatic rings. The van der Waals surface area contributed by atoms with Crippen molar-refractivity contribution in [1.82, 2.24) is 4.90 Å². The predicted molar refractivity (Wildman–Crippen MR) is 60.6 cm³/mol. The van der Waals surface area contributed by atoms with Crippen molar-refractivity contribution < 1.29 is 0 Å². The van der Waals surface area contributed by atoms with Gasteiger partial charge in [0.15, 0.2) is 0 Å². The second kappa shape index (κ2) is 4.01. The molecule has 0 unspecified atom stereocenters. The lowest BCUT2D eigenvalue weighted by Crippen LogP contribution is -2.19. The van der Waals surface area contributed by atoms with Crippen LogP contribution in [0.1, 0.15) is 24.4 Å². The highest BCUT2D eigenvalue weighted by molar-refractivity contribution is 5.53. The Bertz CT molecular complexity index is 307. The summed E-state index contributed by atoms with van der Waals surface area (Å²) in [6.07, 6.45) is 2.49. The van der Waals surface area contributed by atoms with Gasteiger partial charge >= 0.3 is 0 Å². The van der Waals surface area contributed by atoms with E-state index in [1.807, 2.05) is 0 Å². The third-order valence-corrected chi connectivity index (χ3v) is 2.91. The molecule has 0 radical (unpaired) electrons. The Morgan fingerprint density at radius 2 is 2.07 bits per heavy atom. The molecular weight excluding hydrogens is 172 g/mol. The van der Waals surface area contributed by atoms with Crippen LogP contribution in [0.4, 0.5) is 5.69 Å². The number of fused-ring (bicyclic) bond motifs is 1. The van der Waals surface area contributed by atoms with Crippen LogP contribution in [-0.2, 0) is 0 Å². The standard InChI is InChI=1S/C12H18N2/c1-14(2)12-8-5-9-13-11-7-4-3-6-10(11)12/h3-4,6-7,12-13H,5,8-9H2,1-2H3/t12-/m1/s1. The summed E-state index contributed by atoms with van der Waals surface area (Å²) < 4.78 is 0. The molecule has 2 heteroatoms. The normalized spacial score (nSPS) is 21.2. The van der Waals surface area contributed by atoms with Crippen LogP contribution >= 0.6 is 0 Å². The zero-order valence-electron chi connectivity index (χ0n) is 8.96. The van der Waals surface area contributed by atoms with Crippen LogP contribution < -0.4 is 5.32 Å². The van der Waals surface area contributed by atoms with Crippen LogP contribution in [-0.4, -0.2) is 25.5 Å². The summed E-state index contributed by atoms with van der Waals surface area (Å²) >= 11 is 0. The summed E-state index contributed by atoms with van der Waals surface area (Å²) in [7, 11) is 4.32. The number of benzene rings is 1. The number of nitrogens with zero attached hydrogens (tertiary/aromatic N) is 1. The first-order valence-corrected chi connectivity index (χ1v) is 5.28. The van der Waals surface area contributed by atoms with Gasteiger partial charge in [0.2, 0.25) is 0 Å². The van der Waals surface area contributed by atoms with E-state index in [-0.39, 0.29) is 0 Å². The van der Waals surface area contributed by atoms with Crippen molar-refractivity contribution >= 4 is 5.69 Å². The fourth-order valence-electron chi connectivity index (χ4n) is 2.16. The molecule has 1 N–H and O–H groups in total. The third kappa shape index (κ3) is 1.75. The van der Waals surface area contributed by atoms with Crippen LogP contribution in [0.3, 0.4) is 0 Å². The van der Waals surface area contributed by atoms with E-state index in [1.165, 1.54) is 24.1 Å². The molecule has 14 heavy (non-hydrogen) atoms. The van der Waals surface area contributed by atoms with Gasteiger partial charge in [-0.1, -0.05) is 18.2 Å². The van der Waals surface area contributed by atoms with Gasteiger partial charge in [0, 0.05) is 18.3 Å². The smallest absolute Gasteiger partial charge is 0.0388 e. The molecule has 0 spiro atoms. The number of rotatable bonds is 1. The van der Waals surface area contributed by atoms with Gasteiger partial charge in [0.05, 0.1) is 0 Å². The monoisotopic (exact) mass is 190 g/mol. The Morgan fingerprint density at radius 3 is 2.86 bits per heavy atom. The maximum atomic E-state index is 3.48. The molecule has 0 fully saturated rings. The molecule has 76 valence electrons. The SMILES string of the molecule is CN(C)[C@@H]1CCCNc2ccccc21. The minimum Gasteiger partial charge on any atom is -0.385 e. The average Bonchev–Trinajstić information content (AvgIpc) is 2.39. The van der Waals surface area contributed by atoms with Crippen molar-refractivity contribution in [2.24, 2.45) is 0 Å². The molecular formula is C12H18N2. The maximum absolute atomic E-state index is 3.48. The highest BCUT2D eigenvalue weighted by atomic mass is 15.1. The summed E-state index contributed by atoms with van der Waals surface area (Å²) in [5.41, 5.74) is 2.75. The van der Waals surface area contributed by atoms with E-state index in [2.05, 4.69) is 48.6 Å². The van der Waals surface area contributed by atoms with Crippen LogP contribution in [0.2, 0.25) is 0 Å². The quantitative estimate of drug-likeness (QED) is 0.732. The zero-order valence-corrected chi connectivity index (χ0v) is 8.96. The van der Waals surface area contributed by atoms with Crippen molar-refractivity contribution in [1.29, 1.82) is 0 Å². The fourth-order valence-corrected chi connectivity index (χ4v) is 2.16. The summed E-state index contributed by atoms with van der Waals surface area (Å²) in [6.45, 7) is 1.10. The summed E-state index contributed by atoms with van der Waals surface area (Å²) in [5, 5.41) is 3.48. The molecule has 1 atom stereocenters. The van der Waals surface area contributed by atoms with E-state index in [4.69, 9.17) is 0 Å². The van der Waals surface area contributed by atoms with E-state index in [9.17, 15) is 0 Å². The molecule has 1 aromatic carbocycles. The second-order valence-electron chi connectivity index (χ2n) is 4.14. The number of anilines is 1. The number of nitrogens with one attached hydrogen (secondary N) is 1. The maximum Gasteiger partial charge on any atom is 0.0388 e. The van der Waals surface area contributed by atoms with Gasteiger partial charge in [-0.3, -0.25) is 0 Å². The van der Waals surface area contributed by atoms with Crippen molar-refractivity contribution in [3.05, 3.63) is 29.8 Å². The van der Waals surface area contributed by atoms with Gasteiger partial charge in [-0.25, -0.2) is 0 Å². The predicted octanol–water partition coefficient (Wildman–Crippen LogP) is 2.50. The molecule has 0 bridgehead atoms. The van der Waals surface area contributed by atoms with Gasteiger partial charge < -0.3 is 10.2 Å². The van der Waals surface area contributed by atoms with Crippen molar-refractivity contribution in [3.8, 4) is 0 Å². The average molecular weight is 190 g/mol. The van der Waals surface area contributed by atoms with Gasteiger partial charge in [-0.2, -0.15) is 0 Å². The first-order valence-electron chi connectivity index (χ1n) is 5.28. The Balaban J connectivity index is 2.37. The highest BCUT2D eigenvalue weighted by Crippen LogP contribution is 2.31. The van der Waals surface area contributed by atoms with E-state index >= 15 is 0 Å². The molecule has 0 saturated heterocycles. The van der Waals surface area contributed by atoms with Crippen LogP contribution in [0.25, 0.3) is 0 Å². The first-order chi connectivity index (χ1) is 6.79. The van der Waals surface area contributed by atoms with E-state index in [1.54, 1.807) is 0 Å². The lowest BCUT2D eigenvalue weighted by atomic mass is 10.0. The molecule has 0 aromatic heterocycles. The second-order valence-corrected chi connectivity index (χ2v) is 4.14. The number of para-hydroxylation sites is 1. The van der Waals surface area contributed by atoms with E-state index in [0.717, 1.165) is 6.54 Å². The minimum absolute atomic E-state index is 0.571. The molecule has 0 amide bonds. The summed E-state index contributed by atoms with van der Waals surface area (Å²) in [4.78, 5) is 2.31. The van der Waals surface area contributed by atoms with Crippen molar-refractivity contribution in [2.45, 2.75) is 18.9 Å². The highest BCUT2D eigenvalue weighted by Gasteiger charge is 2.19. The molecule has 2 nitrogen and oxygen atoms in total. The summed E-state index contributed by atoms with van der Waals surface area (Å²) in [5.74, 6) is 0. The Kier molecular flexibility index (Phi) is 2.73. The molecule has 0 saturated carbocycles. The number of hydrogen-bond donors (Lipinski definition) is 1. The molecule has 1 heterocycles. The zero-order chi connectivity index (χ0) is 9.97. The lowest BCUT2D eigenvalue weighted by molar-refractivity contribution is 0.284. The molecule has 1 aliphatic heterocycles. The lowest BCUT2D eigenvalue weighted by Gasteiger charge is -2.24. The molecule has 0 aliphatic carbocycles. The van der Waals surface area contributed by atoms with E-state index in [0.29, 0.717) is 6.04 Å². The first kappa shape index (κ1) is 9.53. The Hall–Kier alpha value is -1.02. The van der Waals surface area contributed by atoms with Crippen LogP contribution in [0.5, 0.6) is 0 Å². The van der Waals surface area contributed by atoms with Crippen LogP contribution in [0, 0.1) is 0 Å². The fraction of sp³-hybridized carbons (Fsp3) is 0.500. The third-order valence-electron chi connectivity index (χ3n) is 2.91. The van der Waals surface area contributed by atoms with Gasteiger partial charge in [0.25, 0.3) is 0 Å². The Morgan fingerprint density at radius 1 is 1.29 bits per heavy atom. The van der Waals surface area contributed by atoms with Gasteiger partial charge in [0.1, 0.15) is 0 Å². The molecule has 2 rings (SSSR count). The Labute approximate surface area is 85.9 Å². The van der Waals surface area contributed by atoms with Crippen molar-refractivity contribution in [2.75, 3.05) is 26.0 Å². The van der Waals surface area contributed by atoms with Crippen LogP contribution in [0.15, 0.2) is 24.3 Å². The topological polar surface area (TPSA) is 15.3 Å². The van der Waals surface area contributed by atoms with E-state index < -0.39 is 0 Å². The minimum atomic E-state index is 0.571. The van der Waals surface area contributed by atoms with Gasteiger partial charge in [-0.15, -0.1) is 0 Å². The molecule has 1 aromatic rings. The summed E-state index contributed by atoms with van der Waals surface area (Å²) in [6, 6.07) is 9.21. The largest absolute Gasteiger partial charge is 0.385 e. The number of hydrogen-bond acceptors (Lipinski definition) is 2. The van der Waals surface area contributed by atoms with Crippen molar-refractivity contribution in [3.63, 3.8) is 0 Å².